The van der Waals surface area contributed by atoms with E-state index in [1.165, 1.54) is 32.5 Å². The van der Waals surface area contributed by atoms with E-state index in [0.717, 1.165) is 19.0 Å². The Morgan fingerprint density at radius 3 is 2.67 bits per heavy atom. The van der Waals surface area contributed by atoms with Crippen LogP contribution in [0, 0.1) is 5.92 Å². The van der Waals surface area contributed by atoms with Crippen molar-refractivity contribution in [3.63, 3.8) is 0 Å². The number of guanidine groups is 1. The second kappa shape index (κ2) is 9.16. The third-order valence-corrected chi connectivity index (χ3v) is 3.21. The van der Waals surface area contributed by atoms with Crippen molar-refractivity contribution in [1.82, 2.24) is 15.5 Å². The van der Waals surface area contributed by atoms with Gasteiger partial charge in [0.25, 0.3) is 0 Å². The van der Waals surface area contributed by atoms with E-state index in [1.807, 2.05) is 0 Å². The summed E-state index contributed by atoms with van der Waals surface area (Å²) in [5, 5.41) is 6.58. The van der Waals surface area contributed by atoms with Gasteiger partial charge in [-0.2, -0.15) is 0 Å². The first-order valence-corrected chi connectivity index (χ1v) is 6.92. The van der Waals surface area contributed by atoms with Crippen LogP contribution in [0.1, 0.15) is 19.8 Å². The third kappa shape index (κ3) is 6.21. The van der Waals surface area contributed by atoms with Crippen molar-refractivity contribution in [3.05, 3.63) is 0 Å². The topological polar surface area (TPSA) is 48.9 Å². The smallest absolute Gasteiger partial charge is 0.191 e. The van der Waals surface area contributed by atoms with Crippen LogP contribution in [0.25, 0.3) is 0 Å². The molecule has 5 nitrogen and oxygen atoms in total. The molecule has 0 bridgehead atoms. The van der Waals surface area contributed by atoms with Gasteiger partial charge in [0.1, 0.15) is 0 Å². The second-order valence-corrected chi connectivity index (χ2v) is 4.99. The Bertz CT molecular complexity index is 239. The molecule has 0 aromatic carbocycles. The van der Waals surface area contributed by atoms with E-state index in [4.69, 9.17) is 4.74 Å². The Balaban J connectivity index is 2.12. The molecule has 5 heteroatoms. The molecule has 1 fully saturated rings. The lowest BCUT2D eigenvalue weighted by Crippen LogP contribution is -2.42. The maximum absolute atomic E-state index is 5.00. The largest absolute Gasteiger partial charge is 0.383 e. The molecule has 1 unspecified atom stereocenters. The van der Waals surface area contributed by atoms with Crippen LogP contribution in [-0.4, -0.2) is 64.3 Å². The molecule has 1 heterocycles. The second-order valence-electron chi connectivity index (χ2n) is 4.99. The van der Waals surface area contributed by atoms with Gasteiger partial charge < -0.3 is 20.3 Å². The zero-order chi connectivity index (χ0) is 13.2. The number of methoxy groups -OCH3 is 1. The number of ether oxygens (including phenoxy) is 1. The van der Waals surface area contributed by atoms with E-state index >= 15 is 0 Å². The molecule has 0 aromatic rings. The molecule has 106 valence electrons. The maximum atomic E-state index is 5.00. The molecular weight excluding hydrogens is 228 g/mol. The summed E-state index contributed by atoms with van der Waals surface area (Å²) in [6, 6.07) is 0. The first-order valence-electron chi connectivity index (χ1n) is 6.92. The predicted octanol–water partition coefficient (Wildman–Crippen LogP) is 0.530. The summed E-state index contributed by atoms with van der Waals surface area (Å²) in [7, 11) is 3.50. The van der Waals surface area contributed by atoms with Gasteiger partial charge in [-0.3, -0.25) is 4.99 Å². The van der Waals surface area contributed by atoms with Crippen molar-refractivity contribution < 1.29 is 4.74 Å². The van der Waals surface area contributed by atoms with Gasteiger partial charge in [-0.15, -0.1) is 0 Å². The summed E-state index contributed by atoms with van der Waals surface area (Å²) in [4.78, 5) is 6.74. The van der Waals surface area contributed by atoms with Crippen LogP contribution >= 0.6 is 0 Å². The summed E-state index contributed by atoms with van der Waals surface area (Å²) in [6.07, 6.45) is 2.72. The highest BCUT2D eigenvalue weighted by Crippen LogP contribution is 2.09. The number of rotatable bonds is 7. The maximum Gasteiger partial charge on any atom is 0.191 e. The fourth-order valence-corrected chi connectivity index (χ4v) is 2.23. The monoisotopic (exact) mass is 256 g/mol. The molecular formula is C13H28N4O. The van der Waals surface area contributed by atoms with E-state index in [-0.39, 0.29) is 0 Å². The lowest BCUT2D eigenvalue weighted by molar-refractivity contribution is 0.203. The minimum absolute atomic E-state index is 0.643. The van der Waals surface area contributed by atoms with Crippen LogP contribution < -0.4 is 10.6 Å². The van der Waals surface area contributed by atoms with Gasteiger partial charge in [0.05, 0.1) is 6.61 Å². The lowest BCUT2D eigenvalue weighted by atomic mass is 10.1. The average molecular weight is 256 g/mol. The average Bonchev–Trinajstić information content (AvgIpc) is 2.86. The molecule has 1 atom stereocenters. The highest BCUT2D eigenvalue weighted by molar-refractivity contribution is 5.79. The molecule has 1 aliphatic rings. The number of nitrogens with one attached hydrogen (secondary N) is 2. The first kappa shape index (κ1) is 15.2. The Hall–Kier alpha value is -0.810. The van der Waals surface area contributed by atoms with Crippen LogP contribution in [0.15, 0.2) is 4.99 Å². The van der Waals surface area contributed by atoms with Crippen molar-refractivity contribution >= 4 is 5.96 Å². The van der Waals surface area contributed by atoms with E-state index < -0.39 is 0 Å². The van der Waals surface area contributed by atoms with Crippen molar-refractivity contribution in [1.29, 1.82) is 0 Å². The highest BCUT2D eigenvalue weighted by atomic mass is 16.5. The van der Waals surface area contributed by atoms with E-state index in [9.17, 15) is 0 Å². The number of nitrogens with zero attached hydrogens (tertiary/aromatic N) is 2. The number of aliphatic imine (C=N–C) groups is 1. The lowest BCUT2D eigenvalue weighted by Gasteiger charge is -2.21. The molecule has 2 N–H and O–H groups in total. The predicted molar refractivity (Wildman–Crippen MR) is 76.1 cm³/mol. The zero-order valence-electron chi connectivity index (χ0n) is 12.0. The molecule has 18 heavy (non-hydrogen) atoms. The Labute approximate surface area is 111 Å². The van der Waals surface area contributed by atoms with Gasteiger partial charge >= 0.3 is 0 Å². The SMILES string of the molecule is CN=C(NCCOC)NCC(C)CN1CCCC1. The normalized spacial score (nSPS) is 18.9. The molecule has 0 radical (unpaired) electrons. The van der Waals surface area contributed by atoms with Crippen molar-refractivity contribution in [2.75, 3.05) is 53.5 Å². The zero-order valence-corrected chi connectivity index (χ0v) is 12.0. The summed E-state index contributed by atoms with van der Waals surface area (Å²) >= 11 is 0. The van der Waals surface area contributed by atoms with Crippen LogP contribution in [0.5, 0.6) is 0 Å². The Morgan fingerprint density at radius 1 is 1.33 bits per heavy atom. The first-order chi connectivity index (χ1) is 8.76. The molecule has 0 aliphatic carbocycles. The quantitative estimate of drug-likeness (QED) is 0.396. The van der Waals surface area contributed by atoms with E-state index in [2.05, 4.69) is 27.4 Å². The molecule has 0 saturated carbocycles. The Morgan fingerprint density at radius 2 is 2.06 bits per heavy atom. The molecule has 1 saturated heterocycles. The minimum Gasteiger partial charge on any atom is -0.383 e. The van der Waals surface area contributed by atoms with Gasteiger partial charge in [0.2, 0.25) is 0 Å². The fourth-order valence-electron chi connectivity index (χ4n) is 2.23. The van der Waals surface area contributed by atoms with Crippen molar-refractivity contribution in [3.8, 4) is 0 Å². The molecule has 1 rings (SSSR count). The van der Waals surface area contributed by atoms with Gasteiger partial charge in [0, 0.05) is 33.8 Å². The van der Waals surface area contributed by atoms with E-state index in [1.54, 1.807) is 14.2 Å². The van der Waals surface area contributed by atoms with Gasteiger partial charge in [-0.25, -0.2) is 0 Å². The van der Waals surface area contributed by atoms with Crippen LogP contribution in [-0.2, 0) is 4.74 Å². The third-order valence-electron chi connectivity index (χ3n) is 3.21. The summed E-state index contributed by atoms with van der Waals surface area (Å²) in [5.74, 6) is 1.50. The van der Waals surface area contributed by atoms with Crippen molar-refractivity contribution in [2.45, 2.75) is 19.8 Å². The summed E-state index contributed by atoms with van der Waals surface area (Å²) in [5.41, 5.74) is 0. The summed E-state index contributed by atoms with van der Waals surface area (Å²) in [6.45, 7) is 8.45. The minimum atomic E-state index is 0.643. The molecule has 0 aromatic heterocycles. The van der Waals surface area contributed by atoms with E-state index in [0.29, 0.717) is 12.5 Å². The number of hydrogen-bond acceptors (Lipinski definition) is 3. The molecule has 0 spiro atoms. The van der Waals surface area contributed by atoms with Gasteiger partial charge in [-0.05, 0) is 31.8 Å². The Kier molecular flexibility index (Phi) is 7.76. The molecule has 1 aliphatic heterocycles. The summed E-state index contributed by atoms with van der Waals surface area (Å²) < 4.78 is 5.00. The van der Waals surface area contributed by atoms with Gasteiger partial charge in [-0.1, -0.05) is 6.92 Å². The molecule has 0 amide bonds. The van der Waals surface area contributed by atoms with Crippen LogP contribution in [0.4, 0.5) is 0 Å². The highest BCUT2D eigenvalue weighted by Gasteiger charge is 2.14. The van der Waals surface area contributed by atoms with Crippen LogP contribution in [0.2, 0.25) is 0 Å². The standard InChI is InChI=1S/C13H28N4O/c1-12(11-17-7-4-5-8-17)10-16-13(14-2)15-6-9-18-3/h12H,4-11H2,1-3H3,(H2,14,15,16). The van der Waals surface area contributed by atoms with Crippen LogP contribution in [0.3, 0.4) is 0 Å². The van der Waals surface area contributed by atoms with Gasteiger partial charge in [0.15, 0.2) is 5.96 Å². The fraction of sp³-hybridized carbons (Fsp3) is 0.923. The number of hydrogen-bond donors (Lipinski definition) is 2. The number of likely N-dealkylation sites (tertiary alicyclic amines) is 1. The van der Waals surface area contributed by atoms with Crippen molar-refractivity contribution in [2.24, 2.45) is 10.9 Å².